The molecule has 3 aromatic rings. The van der Waals surface area contributed by atoms with Crippen LogP contribution in [0.4, 0.5) is 26.3 Å². The topological polar surface area (TPSA) is 109 Å². The molecular formula is C22H18F6N4O4. The Hall–Kier alpha value is -3.94. The Morgan fingerprint density at radius 1 is 1.03 bits per heavy atom. The molecule has 0 radical (unpaired) electrons. The molecule has 1 heterocycles. The van der Waals surface area contributed by atoms with Crippen molar-refractivity contribution in [3.05, 3.63) is 83.2 Å². The summed E-state index contributed by atoms with van der Waals surface area (Å²) < 4.78 is 81.9. The smallest absolute Gasteiger partial charge is 0.416 e. The van der Waals surface area contributed by atoms with E-state index in [1.165, 1.54) is 6.33 Å². The number of aromatic nitrogens is 3. The average molecular weight is 516 g/mol. The van der Waals surface area contributed by atoms with Crippen LogP contribution in [0.5, 0.6) is 0 Å². The Kier molecular flexibility index (Phi) is 7.67. The van der Waals surface area contributed by atoms with E-state index in [-0.39, 0.29) is 6.07 Å². The number of hydrogen-bond donors (Lipinski definition) is 2. The van der Waals surface area contributed by atoms with E-state index in [1.807, 2.05) is 0 Å². The van der Waals surface area contributed by atoms with Gasteiger partial charge in [-0.2, -0.15) is 18.3 Å². The van der Waals surface area contributed by atoms with E-state index in [4.69, 9.17) is 0 Å². The molecule has 1 atom stereocenters. The van der Waals surface area contributed by atoms with E-state index >= 15 is 0 Å². The second-order valence-electron chi connectivity index (χ2n) is 7.81. The highest BCUT2D eigenvalue weighted by atomic mass is 19.4. The lowest BCUT2D eigenvalue weighted by molar-refractivity contribution is -0.138. The van der Waals surface area contributed by atoms with E-state index in [9.17, 15) is 46.1 Å². The highest BCUT2D eigenvalue weighted by Crippen LogP contribution is 2.32. The molecule has 0 spiro atoms. The van der Waals surface area contributed by atoms with Crippen molar-refractivity contribution in [1.29, 1.82) is 0 Å². The van der Waals surface area contributed by atoms with Gasteiger partial charge < -0.3 is 15.1 Å². The number of alkyl halides is 3. The predicted octanol–water partition coefficient (Wildman–Crippen LogP) is 3.22. The highest BCUT2D eigenvalue weighted by Gasteiger charge is 2.36. The van der Waals surface area contributed by atoms with Crippen LogP contribution < -0.4 is 0 Å². The van der Waals surface area contributed by atoms with Gasteiger partial charge in [0.15, 0.2) is 0 Å². The van der Waals surface area contributed by atoms with Crippen LogP contribution in [0.2, 0.25) is 0 Å². The second-order valence-corrected chi connectivity index (χ2v) is 7.81. The van der Waals surface area contributed by atoms with Gasteiger partial charge in [-0.15, -0.1) is 0 Å². The lowest BCUT2D eigenvalue weighted by Gasteiger charge is -2.31. The van der Waals surface area contributed by atoms with Crippen LogP contribution >= 0.6 is 0 Å². The molecule has 2 N–H and O–H groups in total. The third-order valence-corrected chi connectivity index (χ3v) is 5.26. The first-order valence-electron chi connectivity index (χ1n) is 10.2. The minimum Gasteiger partial charge on any atom is -0.480 e. The molecule has 0 saturated heterocycles. The minimum atomic E-state index is -4.87. The first-order valence-corrected chi connectivity index (χ1v) is 10.2. The summed E-state index contributed by atoms with van der Waals surface area (Å²) in [5, 5.41) is 24.3. The SMILES string of the molecule is O=C(O)CN(CCC(O)(Cn1cncn1)c1ccc(F)cc1F)C(=O)c1ccc(C(F)(F)F)cc1F. The van der Waals surface area contributed by atoms with Crippen LogP contribution in [-0.2, 0) is 23.1 Å². The maximum absolute atomic E-state index is 14.6. The number of carbonyl (C=O) groups is 2. The van der Waals surface area contributed by atoms with E-state index in [0.29, 0.717) is 23.1 Å². The van der Waals surface area contributed by atoms with Gasteiger partial charge in [-0.25, -0.2) is 22.8 Å². The zero-order valence-electron chi connectivity index (χ0n) is 18.2. The molecule has 0 aliphatic carbocycles. The number of amides is 1. The van der Waals surface area contributed by atoms with Crippen LogP contribution in [0.3, 0.4) is 0 Å². The summed E-state index contributed by atoms with van der Waals surface area (Å²) in [7, 11) is 0. The van der Waals surface area contributed by atoms with Gasteiger partial charge in [-0.05, 0) is 30.7 Å². The molecule has 192 valence electrons. The van der Waals surface area contributed by atoms with Crippen molar-refractivity contribution in [3.8, 4) is 0 Å². The van der Waals surface area contributed by atoms with Crippen LogP contribution in [-0.4, -0.2) is 54.8 Å². The minimum absolute atomic E-state index is 0.0983. The zero-order chi connectivity index (χ0) is 26.7. The van der Waals surface area contributed by atoms with Gasteiger partial charge in [0, 0.05) is 18.2 Å². The molecule has 0 bridgehead atoms. The van der Waals surface area contributed by atoms with Crippen molar-refractivity contribution in [2.24, 2.45) is 0 Å². The monoisotopic (exact) mass is 516 g/mol. The fourth-order valence-corrected chi connectivity index (χ4v) is 3.52. The Morgan fingerprint density at radius 3 is 2.31 bits per heavy atom. The third-order valence-electron chi connectivity index (χ3n) is 5.26. The number of aliphatic carboxylic acids is 1. The number of rotatable bonds is 9. The Bertz CT molecular complexity index is 1250. The first kappa shape index (κ1) is 26.7. The van der Waals surface area contributed by atoms with Crippen LogP contribution in [0.15, 0.2) is 49.1 Å². The molecule has 1 aromatic heterocycles. The molecule has 8 nitrogen and oxygen atoms in total. The van der Waals surface area contributed by atoms with E-state index in [0.717, 1.165) is 23.1 Å². The fraction of sp³-hybridized carbons (Fsp3) is 0.273. The molecular weight excluding hydrogens is 498 g/mol. The number of hydrogen-bond acceptors (Lipinski definition) is 5. The van der Waals surface area contributed by atoms with Gasteiger partial charge in [0.25, 0.3) is 5.91 Å². The summed E-state index contributed by atoms with van der Waals surface area (Å²) in [6, 6.07) is 3.48. The standard InChI is InChI=1S/C22H18F6N4O4/c23-14-2-4-16(18(25)8-14)21(36,10-32-12-29-11-30-32)5-6-31(9-19(33)34)20(35)15-3-1-13(7-17(15)24)22(26,27)28/h1-4,7-8,11-12,36H,5-6,9-10H2,(H,33,34). The molecule has 0 aliphatic heterocycles. The fourth-order valence-electron chi connectivity index (χ4n) is 3.52. The van der Waals surface area contributed by atoms with Crippen molar-refractivity contribution >= 4 is 11.9 Å². The normalized spacial score (nSPS) is 13.3. The average Bonchev–Trinajstić information content (AvgIpc) is 3.28. The number of carboxylic acid groups (broad SMARTS) is 1. The summed E-state index contributed by atoms with van der Waals surface area (Å²) in [6.45, 7) is -2.06. The van der Waals surface area contributed by atoms with Crippen molar-refractivity contribution in [2.75, 3.05) is 13.1 Å². The number of halogens is 6. The van der Waals surface area contributed by atoms with Gasteiger partial charge in [-0.1, -0.05) is 6.07 Å². The highest BCUT2D eigenvalue weighted by molar-refractivity contribution is 5.96. The van der Waals surface area contributed by atoms with E-state index < -0.39 is 83.9 Å². The number of carboxylic acids is 1. The molecule has 2 aromatic carbocycles. The zero-order valence-corrected chi connectivity index (χ0v) is 18.2. The number of nitrogens with zero attached hydrogens (tertiary/aromatic N) is 4. The lowest BCUT2D eigenvalue weighted by atomic mass is 9.89. The molecule has 36 heavy (non-hydrogen) atoms. The number of aliphatic hydroxyl groups is 1. The van der Waals surface area contributed by atoms with E-state index in [1.54, 1.807) is 0 Å². The molecule has 1 amide bonds. The quantitative estimate of drug-likeness (QED) is 0.423. The van der Waals surface area contributed by atoms with Crippen LogP contribution in [0.1, 0.15) is 27.9 Å². The molecule has 0 aliphatic rings. The summed E-state index contributed by atoms with van der Waals surface area (Å²) in [6.07, 6.45) is -3.11. The first-order chi connectivity index (χ1) is 16.8. The maximum atomic E-state index is 14.6. The molecule has 3 rings (SSSR count). The Labute approximate surface area is 199 Å². The number of carbonyl (C=O) groups excluding carboxylic acids is 1. The Morgan fingerprint density at radius 2 is 1.75 bits per heavy atom. The van der Waals surface area contributed by atoms with Gasteiger partial charge in [0.05, 0.1) is 17.7 Å². The molecule has 0 fully saturated rings. The molecule has 14 heteroatoms. The predicted molar refractivity (Wildman–Crippen MR) is 110 cm³/mol. The summed E-state index contributed by atoms with van der Waals surface area (Å²) >= 11 is 0. The van der Waals surface area contributed by atoms with Crippen LogP contribution in [0, 0.1) is 17.5 Å². The van der Waals surface area contributed by atoms with Crippen molar-refractivity contribution in [3.63, 3.8) is 0 Å². The van der Waals surface area contributed by atoms with Crippen molar-refractivity contribution in [1.82, 2.24) is 19.7 Å². The van der Waals surface area contributed by atoms with Gasteiger partial charge in [0.2, 0.25) is 0 Å². The van der Waals surface area contributed by atoms with Crippen molar-refractivity contribution < 1.29 is 46.1 Å². The lowest BCUT2D eigenvalue weighted by Crippen LogP contribution is -2.42. The van der Waals surface area contributed by atoms with Crippen LogP contribution in [0.25, 0.3) is 0 Å². The van der Waals surface area contributed by atoms with Gasteiger partial charge >= 0.3 is 12.1 Å². The summed E-state index contributed by atoms with van der Waals surface area (Å²) in [4.78, 5) is 28.5. The maximum Gasteiger partial charge on any atom is 0.416 e. The molecule has 0 saturated carbocycles. The van der Waals surface area contributed by atoms with Gasteiger partial charge in [-0.3, -0.25) is 9.59 Å². The Balaban J connectivity index is 1.92. The van der Waals surface area contributed by atoms with Gasteiger partial charge in [0.1, 0.15) is 42.3 Å². The largest absolute Gasteiger partial charge is 0.480 e. The third kappa shape index (κ3) is 6.19. The summed E-state index contributed by atoms with van der Waals surface area (Å²) in [5.74, 6) is -6.41. The van der Waals surface area contributed by atoms with E-state index in [2.05, 4.69) is 10.1 Å². The molecule has 1 unspecified atom stereocenters. The summed E-state index contributed by atoms with van der Waals surface area (Å²) in [5.41, 5.74) is -4.77. The number of benzene rings is 2. The van der Waals surface area contributed by atoms with Crippen molar-refractivity contribution in [2.45, 2.75) is 24.7 Å². The second kappa shape index (κ2) is 10.4.